The molecule has 0 unspecified atom stereocenters. The second-order valence-electron chi connectivity index (χ2n) is 5.31. The Morgan fingerprint density at radius 3 is 2.22 bits per heavy atom. The van der Waals surface area contributed by atoms with Gasteiger partial charge in [-0.15, -0.1) is 0 Å². The van der Waals surface area contributed by atoms with E-state index in [4.69, 9.17) is 0 Å². The SMILES string of the molecule is O=C(c1cccc(F)c1)N1CCN(C(=O)c2ccccn2)CC1. The predicted octanol–water partition coefficient (Wildman–Crippen LogP) is 1.82. The molecule has 0 saturated carbocycles. The lowest BCUT2D eigenvalue weighted by molar-refractivity contribution is 0.0532. The van der Waals surface area contributed by atoms with Gasteiger partial charge in [0, 0.05) is 37.9 Å². The Bertz CT molecular complexity index is 713. The molecule has 1 aliphatic rings. The molecule has 0 N–H and O–H groups in total. The summed E-state index contributed by atoms with van der Waals surface area (Å²) in [6, 6.07) is 10.8. The Balaban J connectivity index is 1.62. The van der Waals surface area contributed by atoms with Gasteiger partial charge in [0.25, 0.3) is 11.8 Å². The smallest absolute Gasteiger partial charge is 0.272 e. The van der Waals surface area contributed by atoms with Gasteiger partial charge >= 0.3 is 0 Å². The largest absolute Gasteiger partial charge is 0.335 e. The zero-order valence-electron chi connectivity index (χ0n) is 12.5. The minimum Gasteiger partial charge on any atom is -0.335 e. The molecule has 0 radical (unpaired) electrons. The maximum atomic E-state index is 13.2. The fourth-order valence-corrected chi connectivity index (χ4v) is 2.57. The molecule has 1 aliphatic heterocycles. The van der Waals surface area contributed by atoms with Crippen molar-refractivity contribution in [3.8, 4) is 0 Å². The Morgan fingerprint density at radius 2 is 1.61 bits per heavy atom. The number of nitrogens with zero attached hydrogens (tertiary/aromatic N) is 3. The first kappa shape index (κ1) is 15.1. The minimum absolute atomic E-state index is 0.136. The van der Waals surface area contributed by atoms with E-state index < -0.39 is 5.82 Å². The van der Waals surface area contributed by atoms with E-state index in [0.29, 0.717) is 37.4 Å². The van der Waals surface area contributed by atoms with Gasteiger partial charge in [-0.05, 0) is 30.3 Å². The Morgan fingerprint density at radius 1 is 0.913 bits per heavy atom. The molecule has 1 aromatic carbocycles. The Kier molecular flexibility index (Phi) is 4.32. The zero-order chi connectivity index (χ0) is 16.2. The minimum atomic E-state index is -0.431. The number of piperazine rings is 1. The Labute approximate surface area is 133 Å². The molecule has 1 aromatic heterocycles. The highest BCUT2D eigenvalue weighted by Crippen LogP contribution is 2.12. The van der Waals surface area contributed by atoms with Gasteiger partial charge in [-0.2, -0.15) is 0 Å². The second-order valence-corrected chi connectivity index (χ2v) is 5.31. The number of halogens is 1. The Hall–Kier alpha value is -2.76. The summed E-state index contributed by atoms with van der Waals surface area (Å²) in [5.41, 5.74) is 0.729. The molecule has 0 aliphatic carbocycles. The lowest BCUT2D eigenvalue weighted by Crippen LogP contribution is -2.50. The van der Waals surface area contributed by atoms with E-state index in [1.54, 1.807) is 40.3 Å². The molecule has 0 atom stereocenters. The van der Waals surface area contributed by atoms with Crippen molar-refractivity contribution in [3.05, 3.63) is 65.7 Å². The fraction of sp³-hybridized carbons (Fsp3) is 0.235. The summed E-state index contributed by atoms with van der Waals surface area (Å²) < 4.78 is 13.2. The number of hydrogen-bond donors (Lipinski definition) is 0. The number of carbonyl (C=O) groups excluding carboxylic acids is 2. The van der Waals surface area contributed by atoms with E-state index in [2.05, 4.69) is 4.98 Å². The standard InChI is InChI=1S/C17H16FN3O2/c18-14-5-3-4-13(12-14)16(22)20-8-10-21(11-9-20)17(23)15-6-1-2-7-19-15/h1-7,12H,8-11H2. The summed E-state index contributed by atoms with van der Waals surface area (Å²) in [5, 5.41) is 0. The van der Waals surface area contributed by atoms with Crippen LogP contribution in [0.4, 0.5) is 4.39 Å². The normalized spacial score (nSPS) is 14.7. The van der Waals surface area contributed by atoms with Crippen molar-refractivity contribution < 1.29 is 14.0 Å². The van der Waals surface area contributed by atoms with Gasteiger partial charge in [-0.25, -0.2) is 4.39 Å². The summed E-state index contributed by atoms with van der Waals surface area (Å²) in [4.78, 5) is 32.0. The first-order valence-electron chi connectivity index (χ1n) is 7.40. The molecule has 5 nitrogen and oxygen atoms in total. The van der Waals surface area contributed by atoms with Crippen LogP contribution < -0.4 is 0 Å². The van der Waals surface area contributed by atoms with Crippen molar-refractivity contribution in [2.75, 3.05) is 26.2 Å². The molecule has 0 bridgehead atoms. The molecule has 6 heteroatoms. The molecule has 2 amide bonds. The van der Waals surface area contributed by atoms with Crippen molar-refractivity contribution in [1.29, 1.82) is 0 Å². The van der Waals surface area contributed by atoms with E-state index in [9.17, 15) is 14.0 Å². The third kappa shape index (κ3) is 3.36. The number of hydrogen-bond acceptors (Lipinski definition) is 3. The lowest BCUT2D eigenvalue weighted by Gasteiger charge is -2.34. The number of benzene rings is 1. The molecular formula is C17H16FN3O2. The van der Waals surface area contributed by atoms with Crippen LogP contribution in [0.3, 0.4) is 0 Å². The van der Waals surface area contributed by atoms with E-state index in [1.807, 2.05) is 0 Å². The lowest BCUT2D eigenvalue weighted by atomic mass is 10.1. The van der Waals surface area contributed by atoms with Gasteiger partial charge in [-0.3, -0.25) is 14.6 Å². The quantitative estimate of drug-likeness (QED) is 0.850. The zero-order valence-corrected chi connectivity index (χ0v) is 12.5. The van der Waals surface area contributed by atoms with Gasteiger partial charge in [0.05, 0.1) is 0 Å². The summed E-state index contributed by atoms with van der Waals surface area (Å²) in [7, 11) is 0. The first-order chi connectivity index (χ1) is 11.1. The number of aromatic nitrogens is 1. The van der Waals surface area contributed by atoms with Crippen LogP contribution in [0.25, 0.3) is 0 Å². The third-order valence-electron chi connectivity index (χ3n) is 3.81. The van der Waals surface area contributed by atoms with Gasteiger partial charge in [0.2, 0.25) is 0 Å². The van der Waals surface area contributed by atoms with Crippen LogP contribution in [0.5, 0.6) is 0 Å². The van der Waals surface area contributed by atoms with Crippen molar-refractivity contribution in [2.24, 2.45) is 0 Å². The first-order valence-corrected chi connectivity index (χ1v) is 7.40. The molecular weight excluding hydrogens is 297 g/mol. The molecule has 1 fully saturated rings. The maximum Gasteiger partial charge on any atom is 0.272 e. The van der Waals surface area contributed by atoms with Crippen LogP contribution in [-0.2, 0) is 0 Å². The van der Waals surface area contributed by atoms with Crippen molar-refractivity contribution in [1.82, 2.24) is 14.8 Å². The highest BCUT2D eigenvalue weighted by atomic mass is 19.1. The number of carbonyl (C=O) groups is 2. The summed E-state index contributed by atoms with van der Waals surface area (Å²) in [6.07, 6.45) is 1.58. The van der Waals surface area contributed by atoms with E-state index in [-0.39, 0.29) is 11.8 Å². The van der Waals surface area contributed by atoms with E-state index in [0.717, 1.165) is 0 Å². The van der Waals surface area contributed by atoms with Crippen LogP contribution >= 0.6 is 0 Å². The summed E-state index contributed by atoms with van der Waals surface area (Å²) >= 11 is 0. The molecule has 118 valence electrons. The highest BCUT2D eigenvalue weighted by molar-refractivity contribution is 5.95. The van der Waals surface area contributed by atoms with E-state index in [1.165, 1.54) is 18.2 Å². The van der Waals surface area contributed by atoms with Crippen LogP contribution in [0, 0.1) is 5.82 Å². The van der Waals surface area contributed by atoms with Crippen LogP contribution in [-0.4, -0.2) is 52.8 Å². The van der Waals surface area contributed by atoms with Crippen molar-refractivity contribution >= 4 is 11.8 Å². The van der Waals surface area contributed by atoms with Gasteiger partial charge < -0.3 is 9.80 Å². The average Bonchev–Trinajstić information content (AvgIpc) is 2.61. The molecule has 1 saturated heterocycles. The van der Waals surface area contributed by atoms with Crippen LogP contribution in [0.1, 0.15) is 20.8 Å². The third-order valence-corrected chi connectivity index (χ3v) is 3.81. The highest BCUT2D eigenvalue weighted by Gasteiger charge is 2.26. The fourth-order valence-electron chi connectivity index (χ4n) is 2.57. The van der Waals surface area contributed by atoms with Gasteiger partial charge in [-0.1, -0.05) is 12.1 Å². The van der Waals surface area contributed by atoms with Gasteiger partial charge in [0.15, 0.2) is 0 Å². The number of amides is 2. The monoisotopic (exact) mass is 313 g/mol. The van der Waals surface area contributed by atoms with Crippen molar-refractivity contribution in [3.63, 3.8) is 0 Å². The molecule has 23 heavy (non-hydrogen) atoms. The molecule has 2 heterocycles. The number of pyridine rings is 1. The summed E-state index contributed by atoms with van der Waals surface area (Å²) in [5.74, 6) is -0.780. The second kappa shape index (κ2) is 6.56. The van der Waals surface area contributed by atoms with Crippen molar-refractivity contribution in [2.45, 2.75) is 0 Å². The van der Waals surface area contributed by atoms with Crippen LogP contribution in [0.15, 0.2) is 48.7 Å². The molecule has 3 rings (SSSR count). The van der Waals surface area contributed by atoms with Gasteiger partial charge in [0.1, 0.15) is 11.5 Å². The summed E-state index contributed by atoms with van der Waals surface area (Å²) in [6.45, 7) is 1.73. The molecule has 2 aromatic rings. The maximum absolute atomic E-state index is 13.2. The topological polar surface area (TPSA) is 53.5 Å². The number of rotatable bonds is 2. The molecule has 0 spiro atoms. The van der Waals surface area contributed by atoms with Crippen LogP contribution in [0.2, 0.25) is 0 Å². The average molecular weight is 313 g/mol. The van der Waals surface area contributed by atoms with E-state index >= 15 is 0 Å². The predicted molar refractivity (Wildman–Crippen MR) is 82.4 cm³/mol.